The number of sulfonamides is 1. The Morgan fingerprint density at radius 2 is 1.65 bits per heavy atom. The molecule has 0 fully saturated rings. The zero-order chi connectivity index (χ0) is 24.9. The lowest BCUT2D eigenvalue weighted by Gasteiger charge is -2.25. The maximum Gasteiger partial charge on any atom is 0.264 e. The molecule has 1 N–H and O–H groups in total. The largest absolute Gasteiger partial charge is 0.378 e. The van der Waals surface area contributed by atoms with Crippen molar-refractivity contribution in [2.75, 3.05) is 29.8 Å². The maximum absolute atomic E-state index is 13.5. The van der Waals surface area contributed by atoms with Crippen molar-refractivity contribution in [3.05, 3.63) is 88.4 Å². The number of anilines is 2. The quantitative estimate of drug-likeness (QED) is 0.369. The van der Waals surface area contributed by atoms with Crippen LogP contribution in [0, 0.1) is 13.8 Å². The summed E-state index contributed by atoms with van der Waals surface area (Å²) < 4.78 is 28.0. The lowest BCUT2D eigenvalue weighted by Crippen LogP contribution is -2.40. The van der Waals surface area contributed by atoms with Crippen molar-refractivity contribution >= 4 is 45.1 Å². The third-order valence-corrected chi connectivity index (χ3v) is 7.16. The molecule has 0 atom stereocenters. The number of benzene rings is 3. The van der Waals surface area contributed by atoms with Crippen LogP contribution in [-0.2, 0) is 14.8 Å². The molecule has 0 spiro atoms. The van der Waals surface area contributed by atoms with Gasteiger partial charge in [-0.15, -0.1) is 0 Å². The summed E-state index contributed by atoms with van der Waals surface area (Å²) in [5.41, 5.74) is 6.16. The predicted molar refractivity (Wildman–Crippen MR) is 138 cm³/mol. The number of rotatable bonds is 8. The Balaban J connectivity index is 1.84. The molecule has 3 aromatic rings. The summed E-state index contributed by atoms with van der Waals surface area (Å²) in [6, 6.07) is 19.0. The first-order valence-corrected chi connectivity index (χ1v) is 12.3. The van der Waals surface area contributed by atoms with Crippen LogP contribution >= 0.6 is 11.6 Å². The van der Waals surface area contributed by atoms with Crippen molar-refractivity contribution in [1.29, 1.82) is 0 Å². The van der Waals surface area contributed by atoms with E-state index in [0.717, 1.165) is 21.1 Å². The van der Waals surface area contributed by atoms with Crippen molar-refractivity contribution in [2.45, 2.75) is 18.7 Å². The Labute approximate surface area is 205 Å². The van der Waals surface area contributed by atoms with E-state index in [2.05, 4.69) is 10.5 Å². The number of nitrogens with zero attached hydrogens (tertiary/aromatic N) is 3. The van der Waals surface area contributed by atoms with E-state index in [9.17, 15) is 13.2 Å². The molecule has 0 saturated heterocycles. The van der Waals surface area contributed by atoms with Gasteiger partial charge in [-0.1, -0.05) is 47.5 Å². The van der Waals surface area contributed by atoms with E-state index in [1.807, 2.05) is 50.2 Å². The van der Waals surface area contributed by atoms with Gasteiger partial charge in [0.05, 0.1) is 16.8 Å². The smallest absolute Gasteiger partial charge is 0.264 e. The fraction of sp³-hybridized carbons (Fsp3) is 0.200. The lowest BCUT2D eigenvalue weighted by atomic mass is 10.2. The topological polar surface area (TPSA) is 82.1 Å². The highest BCUT2D eigenvalue weighted by molar-refractivity contribution is 7.92. The van der Waals surface area contributed by atoms with Crippen LogP contribution in [0.2, 0.25) is 5.02 Å². The molecular formula is C25H27ClN4O3S. The SMILES string of the molecule is Cc1ccc(S(=O)(=O)N(CC(=O)N/N=C\c2ccc(N(C)C)cc2)c2cc(Cl)ccc2C)cc1. The number of halogens is 1. The third kappa shape index (κ3) is 6.15. The Morgan fingerprint density at radius 3 is 2.26 bits per heavy atom. The fourth-order valence-electron chi connectivity index (χ4n) is 3.19. The summed E-state index contributed by atoms with van der Waals surface area (Å²) in [4.78, 5) is 14.8. The van der Waals surface area contributed by atoms with E-state index >= 15 is 0 Å². The minimum absolute atomic E-state index is 0.0785. The molecule has 0 aliphatic rings. The van der Waals surface area contributed by atoms with E-state index in [0.29, 0.717) is 16.3 Å². The average Bonchev–Trinajstić information content (AvgIpc) is 2.80. The normalized spacial score (nSPS) is 11.4. The van der Waals surface area contributed by atoms with Crippen LogP contribution in [0.25, 0.3) is 0 Å². The second-order valence-corrected chi connectivity index (χ2v) is 10.3. The summed E-state index contributed by atoms with van der Waals surface area (Å²) in [5, 5.41) is 4.35. The molecule has 0 aliphatic carbocycles. The van der Waals surface area contributed by atoms with E-state index in [-0.39, 0.29) is 4.90 Å². The zero-order valence-electron chi connectivity index (χ0n) is 19.5. The highest BCUT2D eigenvalue weighted by Gasteiger charge is 2.28. The van der Waals surface area contributed by atoms with Crippen LogP contribution in [0.4, 0.5) is 11.4 Å². The standard InChI is InChI=1S/C25H27ClN4O3S/c1-18-5-13-23(14-6-18)34(32,33)30(24-15-21(26)10-7-19(24)2)17-25(31)28-27-16-20-8-11-22(12-9-20)29(3)4/h5-16H,17H2,1-4H3,(H,28,31)/b27-16-. The Hall–Kier alpha value is -3.36. The Kier molecular flexibility index (Phi) is 7.96. The van der Waals surface area contributed by atoms with Gasteiger partial charge in [-0.05, 0) is 61.4 Å². The van der Waals surface area contributed by atoms with Crippen LogP contribution < -0.4 is 14.6 Å². The molecule has 3 aromatic carbocycles. The maximum atomic E-state index is 13.5. The second-order valence-electron chi connectivity index (χ2n) is 8.03. The van der Waals surface area contributed by atoms with Crippen molar-refractivity contribution in [3.63, 3.8) is 0 Å². The number of nitrogens with one attached hydrogen (secondary N) is 1. The molecule has 9 heteroatoms. The van der Waals surface area contributed by atoms with Gasteiger partial charge in [0.15, 0.2) is 0 Å². The molecule has 0 heterocycles. The number of hydrazone groups is 1. The molecule has 0 aliphatic heterocycles. The Morgan fingerprint density at radius 1 is 1.00 bits per heavy atom. The van der Waals surface area contributed by atoms with Gasteiger partial charge in [-0.3, -0.25) is 9.10 Å². The molecule has 0 bridgehead atoms. The number of hydrogen-bond donors (Lipinski definition) is 1. The molecule has 7 nitrogen and oxygen atoms in total. The van der Waals surface area contributed by atoms with Crippen LogP contribution in [-0.4, -0.2) is 41.2 Å². The Bertz CT molecular complexity index is 1290. The van der Waals surface area contributed by atoms with Gasteiger partial charge in [-0.2, -0.15) is 5.10 Å². The van der Waals surface area contributed by atoms with Gasteiger partial charge in [-0.25, -0.2) is 13.8 Å². The molecule has 0 radical (unpaired) electrons. The lowest BCUT2D eigenvalue weighted by molar-refractivity contribution is -0.119. The zero-order valence-corrected chi connectivity index (χ0v) is 21.1. The summed E-state index contributed by atoms with van der Waals surface area (Å²) in [7, 11) is -0.146. The summed E-state index contributed by atoms with van der Waals surface area (Å²) >= 11 is 6.15. The van der Waals surface area contributed by atoms with Crippen LogP contribution in [0.3, 0.4) is 0 Å². The van der Waals surface area contributed by atoms with Crippen LogP contribution in [0.15, 0.2) is 76.7 Å². The van der Waals surface area contributed by atoms with Gasteiger partial charge in [0.2, 0.25) is 0 Å². The highest BCUT2D eigenvalue weighted by atomic mass is 35.5. The molecule has 0 unspecified atom stereocenters. The van der Waals surface area contributed by atoms with Gasteiger partial charge < -0.3 is 4.90 Å². The molecule has 0 saturated carbocycles. The molecule has 1 amide bonds. The van der Waals surface area contributed by atoms with Gasteiger partial charge in [0.25, 0.3) is 15.9 Å². The molecule has 3 rings (SSSR count). The number of carbonyl (C=O) groups is 1. The minimum Gasteiger partial charge on any atom is -0.378 e. The van der Waals surface area contributed by atoms with Crippen LogP contribution in [0.5, 0.6) is 0 Å². The first kappa shape index (κ1) is 25.3. The van der Waals surface area contributed by atoms with Crippen molar-refractivity contribution in [2.24, 2.45) is 5.10 Å². The fourth-order valence-corrected chi connectivity index (χ4v) is 4.84. The molecular weight excluding hydrogens is 472 g/mol. The van der Waals surface area contributed by atoms with E-state index < -0.39 is 22.5 Å². The average molecular weight is 499 g/mol. The number of aryl methyl sites for hydroxylation is 2. The van der Waals surface area contributed by atoms with E-state index in [1.165, 1.54) is 24.4 Å². The first-order chi connectivity index (χ1) is 16.1. The molecule has 0 aromatic heterocycles. The molecule has 34 heavy (non-hydrogen) atoms. The van der Waals surface area contributed by atoms with Crippen LogP contribution in [0.1, 0.15) is 16.7 Å². The van der Waals surface area contributed by atoms with E-state index in [4.69, 9.17) is 11.6 Å². The summed E-state index contributed by atoms with van der Waals surface area (Å²) in [6.07, 6.45) is 1.50. The third-order valence-electron chi connectivity index (χ3n) is 5.15. The first-order valence-electron chi connectivity index (χ1n) is 10.5. The minimum atomic E-state index is -4.04. The van der Waals surface area contributed by atoms with Crippen molar-refractivity contribution < 1.29 is 13.2 Å². The second kappa shape index (κ2) is 10.7. The predicted octanol–water partition coefficient (Wildman–Crippen LogP) is 4.37. The van der Waals surface area contributed by atoms with Gasteiger partial charge in [0.1, 0.15) is 6.54 Å². The van der Waals surface area contributed by atoms with E-state index in [1.54, 1.807) is 31.2 Å². The number of amides is 1. The summed E-state index contributed by atoms with van der Waals surface area (Å²) in [6.45, 7) is 3.17. The van der Waals surface area contributed by atoms with Gasteiger partial charge in [0, 0.05) is 24.8 Å². The highest BCUT2D eigenvalue weighted by Crippen LogP contribution is 2.29. The number of carbonyl (C=O) groups excluding carboxylic acids is 1. The monoisotopic (exact) mass is 498 g/mol. The number of hydrogen-bond acceptors (Lipinski definition) is 5. The summed E-state index contributed by atoms with van der Waals surface area (Å²) in [5.74, 6) is -0.587. The van der Waals surface area contributed by atoms with Gasteiger partial charge >= 0.3 is 0 Å². The van der Waals surface area contributed by atoms with Crippen molar-refractivity contribution in [3.8, 4) is 0 Å². The van der Waals surface area contributed by atoms with Crippen molar-refractivity contribution in [1.82, 2.24) is 5.43 Å². The molecule has 178 valence electrons.